The molecule has 1 aromatic carbocycles. The lowest BCUT2D eigenvalue weighted by Crippen LogP contribution is -2.21. The highest BCUT2D eigenvalue weighted by Gasteiger charge is 2.16. The molecule has 0 spiro atoms. The van der Waals surface area contributed by atoms with Crippen LogP contribution in [-0.4, -0.2) is 32.9 Å². The van der Waals surface area contributed by atoms with Crippen molar-refractivity contribution < 1.29 is 19.0 Å². The van der Waals surface area contributed by atoms with Crippen LogP contribution in [0.5, 0.6) is 5.75 Å². The number of carbonyl (C=O) groups excluding carboxylic acids is 1. The fraction of sp³-hybridized carbons (Fsp3) is 0.381. The zero-order valence-electron chi connectivity index (χ0n) is 14.6. The maximum atomic E-state index is 11.8. The summed E-state index contributed by atoms with van der Waals surface area (Å²) >= 11 is 0. The first-order valence-corrected chi connectivity index (χ1v) is 8.24. The van der Waals surface area contributed by atoms with Crippen LogP contribution >= 0.6 is 0 Å². The summed E-state index contributed by atoms with van der Waals surface area (Å²) in [5.41, 5.74) is 1.61. The van der Waals surface area contributed by atoms with Crippen LogP contribution in [0.4, 0.5) is 0 Å². The minimum absolute atomic E-state index is 0.110. The van der Waals surface area contributed by atoms with E-state index in [0.717, 1.165) is 37.0 Å². The highest BCUT2D eigenvalue weighted by molar-refractivity contribution is 5.72. The van der Waals surface area contributed by atoms with E-state index < -0.39 is 12.1 Å². The van der Waals surface area contributed by atoms with Crippen LogP contribution in [-0.2, 0) is 14.3 Å². The van der Waals surface area contributed by atoms with Crippen molar-refractivity contribution >= 4 is 12.0 Å². The summed E-state index contributed by atoms with van der Waals surface area (Å²) in [7, 11) is 3.08. The van der Waals surface area contributed by atoms with Crippen molar-refractivity contribution in [2.75, 3.05) is 20.8 Å². The fourth-order valence-electron chi connectivity index (χ4n) is 2.27. The van der Waals surface area contributed by atoms with E-state index >= 15 is 0 Å². The van der Waals surface area contributed by atoms with Gasteiger partial charge in [0.15, 0.2) is 6.10 Å². The average molecular weight is 338 g/mol. The van der Waals surface area contributed by atoms with Crippen molar-refractivity contribution in [1.29, 1.82) is 0 Å². The van der Waals surface area contributed by atoms with Gasteiger partial charge in [-0.1, -0.05) is 35.8 Å². The van der Waals surface area contributed by atoms with E-state index in [-0.39, 0.29) is 6.61 Å². The van der Waals surface area contributed by atoms with Crippen LogP contribution in [0, 0.1) is 23.7 Å². The van der Waals surface area contributed by atoms with Gasteiger partial charge in [-0.2, -0.15) is 0 Å². The number of ether oxygens (including phenoxy) is 3. The molecule has 0 fully saturated rings. The van der Waals surface area contributed by atoms with Crippen molar-refractivity contribution in [1.82, 2.24) is 0 Å². The first-order chi connectivity index (χ1) is 12.2. The predicted octanol–water partition coefficient (Wildman–Crippen LogP) is 3.22. The van der Waals surface area contributed by atoms with Crippen molar-refractivity contribution in [3.05, 3.63) is 35.4 Å². The van der Waals surface area contributed by atoms with Gasteiger partial charge in [0.05, 0.1) is 12.7 Å². The molecule has 130 valence electrons. The Hall–Kier alpha value is -2.69. The van der Waals surface area contributed by atoms with Gasteiger partial charge < -0.3 is 14.2 Å². The second kappa shape index (κ2) is 10.2. The molecule has 4 heteroatoms. The Kier molecular flexibility index (Phi) is 7.63. The fourth-order valence-corrected chi connectivity index (χ4v) is 2.27. The Bertz CT molecular complexity index is 723. The molecule has 0 aliphatic heterocycles. The van der Waals surface area contributed by atoms with Gasteiger partial charge in [-0.25, -0.2) is 4.79 Å². The van der Waals surface area contributed by atoms with E-state index in [2.05, 4.69) is 23.7 Å². The van der Waals surface area contributed by atoms with Crippen molar-refractivity contribution in [2.24, 2.45) is 0 Å². The number of methoxy groups -OCH3 is 2. The molecule has 1 unspecified atom stereocenters. The van der Waals surface area contributed by atoms with E-state index in [9.17, 15) is 4.79 Å². The summed E-state index contributed by atoms with van der Waals surface area (Å²) < 4.78 is 15.5. The van der Waals surface area contributed by atoms with Gasteiger partial charge >= 0.3 is 5.97 Å². The first kappa shape index (κ1) is 18.6. The molecule has 1 aromatic rings. The zero-order chi connectivity index (χ0) is 17.9. The molecule has 1 aliphatic rings. The Morgan fingerprint density at radius 1 is 1.16 bits per heavy atom. The molecule has 0 N–H and O–H groups in total. The van der Waals surface area contributed by atoms with E-state index in [1.165, 1.54) is 7.11 Å². The molecule has 1 aliphatic carbocycles. The Balaban J connectivity index is 2.32. The molecule has 25 heavy (non-hydrogen) atoms. The van der Waals surface area contributed by atoms with Crippen LogP contribution in [0.2, 0.25) is 0 Å². The van der Waals surface area contributed by atoms with E-state index in [1.807, 2.05) is 30.3 Å². The number of carbonyl (C=O) groups is 1. The Labute approximate surface area is 149 Å². The summed E-state index contributed by atoms with van der Waals surface area (Å²) in [6.45, 7) is -0.110. The third-order valence-corrected chi connectivity index (χ3v) is 3.55. The maximum absolute atomic E-state index is 11.8. The molecule has 0 amide bonds. The number of benzene rings is 1. The topological polar surface area (TPSA) is 44.8 Å². The average Bonchev–Trinajstić information content (AvgIpc) is 2.63. The predicted molar refractivity (Wildman–Crippen MR) is 96.7 cm³/mol. The molecular formula is C21H22O4. The highest BCUT2D eigenvalue weighted by Crippen LogP contribution is 2.17. The lowest BCUT2D eigenvalue weighted by molar-refractivity contribution is -0.149. The van der Waals surface area contributed by atoms with Gasteiger partial charge in [-0.15, -0.1) is 0 Å². The molecule has 0 saturated heterocycles. The van der Waals surface area contributed by atoms with Crippen molar-refractivity contribution in [2.45, 2.75) is 31.8 Å². The molecule has 0 saturated carbocycles. The monoisotopic (exact) mass is 338 g/mol. The molecular weight excluding hydrogens is 316 g/mol. The van der Waals surface area contributed by atoms with E-state index in [4.69, 9.17) is 14.2 Å². The summed E-state index contributed by atoms with van der Waals surface area (Å²) in [5, 5.41) is 0. The van der Waals surface area contributed by atoms with Gasteiger partial charge in [0.1, 0.15) is 12.4 Å². The summed E-state index contributed by atoms with van der Waals surface area (Å²) in [6.07, 6.45) is 4.81. The molecule has 1 atom stereocenters. The van der Waals surface area contributed by atoms with Crippen molar-refractivity contribution in [3.63, 3.8) is 0 Å². The van der Waals surface area contributed by atoms with E-state index in [0.29, 0.717) is 5.57 Å². The van der Waals surface area contributed by atoms with Crippen LogP contribution in [0.3, 0.4) is 0 Å². The number of hydrogen-bond donors (Lipinski definition) is 0. The summed E-state index contributed by atoms with van der Waals surface area (Å²) in [5.74, 6) is 12.7. The molecule has 0 bridgehead atoms. The number of hydrogen-bond acceptors (Lipinski definition) is 4. The van der Waals surface area contributed by atoms with Crippen LogP contribution in [0.1, 0.15) is 31.2 Å². The minimum Gasteiger partial charge on any atom is -0.497 e. The van der Waals surface area contributed by atoms with Crippen LogP contribution in [0.15, 0.2) is 29.8 Å². The molecule has 0 heterocycles. The first-order valence-electron chi connectivity index (χ1n) is 8.24. The van der Waals surface area contributed by atoms with Gasteiger partial charge in [0.2, 0.25) is 0 Å². The Morgan fingerprint density at radius 3 is 2.56 bits per heavy atom. The molecule has 4 nitrogen and oxygen atoms in total. The van der Waals surface area contributed by atoms with Crippen LogP contribution in [0.25, 0.3) is 6.08 Å². The quantitative estimate of drug-likeness (QED) is 0.611. The number of rotatable bonds is 5. The smallest absolute Gasteiger partial charge is 0.333 e. The van der Waals surface area contributed by atoms with Gasteiger partial charge in [0, 0.05) is 20.0 Å². The normalized spacial score (nSPS) is 18.3. The second-order valence-electron chi connectivity index (χ2n) is 5.51. The lowest BCUT2D eigenvalue weighted by Gasteiger charge is -2.13. The van der Waals surface area contributed by atoms with Gasteiger partial charge in [-0.3, -0.25) is 0 Å². The minimum atomic E-state index is -0.685. The maximum Gasteiger partial charge on any atom is 0.333 e. The molecule has 0 radical (unpaired) electrons. The van der Waals surface area contributed by atoms with Gasteiger partial charge in [0.25, 0.3) is 0 Å². The second-order valence-corrected chi connectivity index (χ2v) is 5.51. The Morgan fingerprint density at radius 2 is 1.88 bits per heavy atom. The lowest BCUT2D eigenvalue weighted by atomic mass is 10.0. The van der Waals surface area contributed by atoms with Crippen LogP contribution < -0.4 is 4.74 Å². The molecule has 0 aromatic heterocycles. The molecule has 2 rings (SSSR count). The highest BCUT2D eigenvalue weighted by atomic mass is 16.6. The van der Waals surface area contributed by atoms with E-state index in [1.54, 1.807) is 7.11 Å². The standard InChI is InChI=1S/C21H22O4/c1-23-16-21(22)25-20-10-8-6-4-3-5-7-9-18(20)15-17-11-13-19(24-2)14-12-17/h11-15,20H,3-6,16H2,1-2H3. The largest absolute Gasteiger partial charge is 0.497 e. The third kappa shape index (κ3) is 6.37. The van der Waals surface area contributed by atoms with Crippen molar-refractivity contribution in [3.8, 4) is 29.4 Å². The SMILES string of the molecule is COCC(=O)OC1C#CCCCCC#CC1=Cc1ccc(OC)cc1. The zero-order valence-corrected chi connectivity index (χ0v) is 14.6. The third-order valence-electron chi connectivity index (χ3n) is 3.55. The van der Waals surface area contributed by atoms with Gasteiger partial charge in [-0.05, 0) is 36.6 Å². The summed E-state index contributed by atoms with van der Waals surface area (Å²) in [4.78, 5) is 11.8. The number of esters is 1. The summed E-state index contributed by atoms with van der Waals surface area (Å²) in [6, 6.07) is 7.59.